The molecule has 34 heavy (non-hydrogen) atoms. The van der Waals surface area contributed by atoms with Gasteiger partial charge in [-0.05, 0) is 43.7 Å². The van der Waals surface area contributed by atoms with E-state index in [2.05, 4.69) is 17.1 Å². The van der Waals surface area contributed by atoms with Gasteiger partial charge in [0, 0.05) is 43.3 Å². The zero-order valence-electron chi connectivity index (χ0n) is 19.4. The molecule has 0 unspecified atom stereocenters. The van der Waals surface area contributed by atoms with Crippen LogP contribution in [-0.2, 0) is 6.18 Å². The van der Waals surface area contributed by atoms with E-state index in [0.717, 1.165) is 29.8 Å². The van der Waals surface area contributed by atoms with Crippen molar-refractivity contribution in [3.05, 3.63) is 65.7 Å². The number of amides is 1. The summed E-state index contributed by atoms with van der Waals surface area (Å²) in [5.41, 5.74) is 1.25. The number of carbonyl (C=O) groups is 1. The number of para-hydroxylation sites is 1. The van der Waals surface area contributed by atoms with Gasteiger partial charge in [-0.3, -0.25) is 4.79 Å². The Morgan fingerprint density at radius 1 is 1.03 bits per heavy atom. The molecular weight excluding hydrogens is 441 g/mol. The lowest BCUT2D eigenvalue weighted by Gasteiger charge is -2.37. The molecule has 0 aliphatic carbocycles. The van der Waals surface area contributed by atoms with E-state index in [9.17, 15) is 18.0 Å². The fourth-order valence-electron chi connectivity index (χ4n) is 4.39. The molecule has 1 atom stereocenters. The highest BCUT2D eigenvalue weighted by Gasteiger charge is 2.31. The number of benzene rings is 2. The highest BCUT2D eigenvalue weighted by atomic mass is 19.4. The minimum absolute atomic E-state index is 0.0730. The van der Waals surface area contributed by atoms with Crippen molar-refractivity contribution in [2.24, 2.45) is 0 Å². The second-order valence-electron chi connectivity index (χ2n) is 8.73. The van der Waals surface area contributed by atoms with Crippen molar-refractivity contribution >= 4 is 28.3 Å². The highest BCUT2D eigenvalue weighted by molar-refractivity contribution is 6.07. The van der Waals surface area contributed by atoms with Crippen LogP contribution >= 0.6 is 0 Å². The number of alkyl halides is 3. The molecule has 1 fully saturated rings. The van der Waals surface area contributed by atoms with Gasteiger partial charge in [0.05, 0.1) is 16.6 Å². The number of hydrogen-bond donors (Lipinski definition) is 1. The van der Waals surface area contributed by atoms with Crippen LogP contribution in [0.2, 0.25) is 0 Å². The quantitative estimate of drug-likeness (QED) is 0.517. The van der Waals surface area contributed by atoms with E-state index in [1.807, 2.05) is 42.2 Å². The Bertz CT molecular complexity index is 1160. The Morgan fingerprint density at radius 3 is 2.44 bits per heavy atom. The molecule has 5 nitrogen and oxygen atoms in total. The Balaban J connectivity index is 1.54. The molecule has 0 spiro atoms. The third kappa shape index (κ3) is 5.26. The number of nitrogens with one attached hydrogen (secondary N) is 1. The Labute approximate surface area is 197 Å². The van der Waals surface area contributed by atoms with Crippen LogP contribution in [0.4, 0.5) is 24.7 Å². The predicted molar refractivity (Wildman–Crippen MR) is 129 cm³/mol. The standard InChI is InChI=1S/C26H29F3N4O/c1-3-7-18(2)30-25(34)22-17-24(31-23-11-5-4-10-21(22)23)33-14-12-32(13-15-33)20-9-6-8-19(16-20)26(27,28)29/h4-6,8-11,16-18H,3,7,12-15H2,1-2H3,(H,30,34)/t18-/m1/s1. The fourth-order valence-corrected chi connectivity index (χ4v) is 4.39. The molecule has 1 aliphatic rings. The second kappa shape index (κ2) is 9.91. The number of hydrogen-bond acceptors (Lipinski definition) is 4. The SMILES string of the molecule is CCC[C@@H](C)NC(=O)c1cc(N2CCN(c3cccc(C(F)(F)F)c3)CC2)nc2ccccc12. The van der Waals surface area contributed by atoms with Gasteiger partial charge in [0.1, 0.15) is 5.82 Å². The molecule has 1 amide bonds. The largest absolute Gasteiger partial charge is 0.416 e. The molecule has 1 N–H and O–H groups in total. The Morgan fingerprint density at radius 2 is 1.74 bits per heavy atom. The molecule has 2 heterocycles. The molecule has 1 aliphatic heterocycles. The molecule has 0 bridgehead atoms. The topological polar surface area (TPSA) is 48.5 Å². The maximum absolute atomic E-state index is 13.1. The summed E-state index contributed by atoms with van der Waals surface area (Å²) in [5, 5.41) is 3.88. The molecule has 180 valence electrons. The van der Waals surface area contributed by atoms with Crippen molar-refractivity contribution in [2.45, 2.75) is 38.9 Å². The van der Waals surface area contributed by atoms with Gasteiger partial charge in [0.2, 0.25) is 0 Å². The van der Waals surface area contributed by atoms with Crippen molar-refractivity contribution in [2.75, 3.05) is 36.0 Å². The van der Waals surface area contributed by atoms with E-state index < -0.39 is 11.7 Å². The van der Waals surface area contributed by atoms with Gasteiger partial charge >= 0.3 is 6.18 Å². The van der Waals surface area contributed by atoms with E-state index in [-0.39, 0.29) is 11.9 Å². The first-order valence-corrected chi connectivity index (χ1v) is 11.6. The monoisotopic (exact) mass is 470 g/mol. The molecule has 1 saturated heterocycles. The van der Waals surface area contributed by atoms with Crippen molar-refractivity contribution in [1.29, 1.82) is 0 Å². The molecule has 8 heteroatoms. The van der Waals surface area contributed by atoms with Crippen molar-refractivity contribution in [1.82, 2.24) is 10.3 Å². The van der Waals surface area contributed by atoms with E-state index in [0.29, 0.717) is 43.2 Å². The fraction of sp³-hybridized carbons (Fsp3) is 0.385. The van der Waals surface area contributed by atoms with Crippen LogP contribution in [0.25, 0.3) is 10.9 Å². The van der Waals surface area contributed by atoms with Crippen molar-refractivity contribution in [3.8, 4) is 0 Å². The van der Waals surface area contributed by atoms with E-state index in [1.54, 1.807) is 6.07 Å². The zero-order chi connectivity index (χ0) is 24.3. The first-order chi connectivity index (χ1) is 16.3. The lowest BCUT2D eigenvalue weighted by molar-refractivity contribution is -0.137. The third-order valence-corrected chi connectivity index (χ3v) is 6.19. The molecular formula is C26H29F3N4O. The van der Waals surface area contributed by atoms with Crippen LogP contribution in [0.5, 0.6) is 0 Å². The first-order valence-electron chi connectivity index (χ1n) is 11.6. The molecule has 1 aromatic heterocycles. The van der Waals surface area contributed by atoms with Gasteiger partial charge in [0.25, 0.3) is 5.91 Å². The van der Waals surface area contributed by atoms with Crippen LogP contribution in [0.3, 0.4) is 0 Å². The van der Waals surface area contributed by atoms with Gasteiger partial charge in [-0.15, -0.1) is 0 Å². The van der Waals surface area contributed by atoms with E-state index in [4.69, 9.17) is 4.98 Å². The molecule has 0 saturated carbocycles. The van der Waals surface area contributed by atoms with Crippen LogP contribution in [-0.4, -0.2) is 43.1 Å². The number of halogens is 3. The minimum atomic E-state index is -4.36. The van der Waals surface area contributed by atoms with Gasteiger partial charge in [0.15, 0.2) is 0 Å². The maximum atomic E-state index is 13.1. The summed E-state index contributed by atoms with van der Waals surface area (Å²) in [7, 11) is 0. The lowest BCUT2D eigenvalue weighted by Crippen LogP contribution is -2.47. The third-order valence-electron chi connectivity index (χ3n) is 6.19. The number of carbonyl (C=O) groups excluding carboxylic acids is 1. The number of anilines is 2. The summed E-state index contributed by atoms with van der Waals surface area (Å²) in [6.45, 7) is 6.39. The summed E-state index contributed by atoms with van der Waals surface area (Å²) in [5.74, 6) is 0.582. The number of pyridine rings is 1. The summed E-state index contributed by atoms with van der Waals surface area (Å²) < 4.78 is 39.3. The van der Waals surface area contributed by atoms with Crippen LogP contribution in [0.1, 0.15) is 42.6 Å². The second-order valence-corrected chi connectivity index (χ2v) is 8.73. The average Bonchev–Trinajstić information content (AvgIpc) is 2.83. The number of aromatic nitrogens is 1. The number of rotatable bonds is 6. The molecule has 0 radical (unpaired) electrons. The van der Waals surface area contributed by atoms with Crippen molar-refractivity contribution in [3.63, 3.8) is 0 Å². The highest BCUT2D eigenvalue weighted by Crippen LogP contribution is 2.32. The van der Waals surface area contributed by atoms with Crippen molar-refractivity contribution < 1.29 is 18.0 Å². The zero-order valence-corrected chi connectivity index (χ0v) is 19.4. The minimum Gasteiger partial charge on any atom is -0.368 e. The van der Waals surface area contributed by atoms with Gasteiger partial charge in [-0.2, -0.15) is 13.2 Å². The number of fused-ring (bicyclic) bond motifs is 1. The summed E-state index contributed by atoms with van der Waals surface area (Å²) in [4.78, 5) is 21.9. The Kier molecular flexibility index (Phi) is 6.95. The normalized spacial score (nSPS) is 15.4. The van der Waals surface area contributed by atoms with Crippen LogP contribution in [0.15, 0.2) is 54.6 Å². The lowest BCUT2D eigenvalue weighted by atomic mass is 10.1. The summed E-state index contributed by atoms with van der Waals surface area (Å²) >= 11 is 0. The number of nitrogens with zero attached hydrogens (tertiary/aromatic N) is 3. The Hall–Kier alpha value is -3.29. The maximum Gasteiger partial charge on any atom is 0.416 e. The first kappa shape index (κ1) is 23.9. The van der Waals surface area contributed by atoms with Crippen LogP contribution < -0.4 is 15.1 Å². The smallest absolute Gasteiger partial charge is 0.368 e. The summed E-state index contributed by atoms with van der Waals surface area (Å²) in [6, 6.07) is 14.9. The van der Waals surface area contributed by atoms with Gasteiger partial charge in [-0.1, -0.05) is 37.6 Å². The van der Waals surface area contributed by atoms with Crippen LogP contribution in [0, 0.1) is 0 Å². The van der Waals surface area contributed by atoms with E-state index >= 15 is 0 Å². The predicted octanol–water partition coefficient (Wildman–Crippen LogP) is 5.50. The molecule has 3 aromatic rings. The van der Waals surface area contributed by atoms with E-state index in [1.165, 1.54) is 12.1 Å². The van der Waals surface area contributed by atoms with Gasteiger partial charge in [-0.25, -0.2) is 4.98 Å². The summed E-state index contributed by atoms with van der Waals surface area (Å²) in [6.07, 6.45) is -2.47. The van der Waals surface area contributed by atoms with Gasteiger partial charge < -0.3 is 15.1 Å². The molecule has 2 aromatic carbocycles. The molecule has 4 rings (SSSR count). The number of piperazine rings is 1. The average molecular weight is 471 g/mol.